The van der Waals surface area contributed by atoms with E-state index >= 15 is 0 Å². The van der Waals surface area contributed by atoms with Crippen molar-refractivity contribution in [3.8, 4) is 0 Å². The number of hydrogen-bond acceptors (Lipinski definition) is 3. The van der Waals surface area contributed by atoms with Crippen LogP contribution >= 0.6 is 11.6 Å². The summed E-state index contributed by atoms with van der Waals surface area (Å²) in [6.45, 7) is 9.67. The van der Waals surface area contributed by atoms with Gasteiger partial charge in [-0.1, -0.05) is 55.8 Å². The summed E-state index contributed by atoms with van der Waals surface area (Å²) in [5.41, 5.74) is 3.16. The topological polar surface area (TPSA) is 35.6 Å². The number of rotatable bonds is 5. The van der Waals surface area contributed by atoms with Gasteiger partial charge in [0.2, 0.25) is 5.91 Å². The Hall–Kier alpha value is -2.04. The number of carbonyl (C=O) groups excluding carboxylic acids is 1. The average molecular weight is 386 g/mol. The SMILES string of the molecule is CC(C)c1ccccc1NC(=O)[C@@H](C)N1CCN(c2ccccc2Cl)CC1. The molecule has 0 saturated carbocycles. The molecule has 3 rings (SSSR count). The first-order valence-electron chi connectivity index (χ1n) is 9.60. The van der Waals surface area contributed by atoms with Crippen LogP contribution in [0.2, 0.25) is 5.02 Å². The highest BCUT2D eigenvalue weighted by atomic mass is 35.5. The number of anilines is 2. The third-order valence-corrected chi connectivity index (χ3v) is 5.59. The predicted octanol–water partition coefficient (Wildman–Crippen LogP) is 4.61. The fraction of sp³-hybridized carbons (Fsp3) is 0.409. The molecule has 1 saturated heterocycles. The van der Waals surface area contributed by atoms with Crippen LogP contribution in [0.4, 0.5) is 11.4 Å². The summed E-state index contributed by atoms with van der Waals surface area (Å²) in [7, 11) is 0. The molecule has 0 aromatic heterocycles. The quantitative estimate of drug-likeness (QED) is 0.816. The summed E-state index contributed by atoms with van der Waals surface area (Å²) in [5, 5.41) is 3.91. The van der Waals surface area contributed by atoms with Crippen molar-refractivity contribution in [2.24, 2.45) is 0 Å². The molecule has 0 aliphatic carbocycles. The second-order valence-corrected chi connectivity index (χ2v) is 7.79. The van der Waals surface area contributed by atoms with Crippen molar-refractivity contribution in [2.75, 3.05) is 36.4 Å². The lowest BCUT2D eigenvalue weighted by Crippen LogP contribution is -2.53. The van der Waals surface area contributed by atoms with Crippen molar-refractivity contribution in [3.63, 3.8) is 0 Å². The number of halogens is 1. The van der Waals surface area contributed by atoms with E-state index in [1.54, 1.807) is 0 Å². The van der Waals surface area contributed by atoms with Gasteiger partial charge in [-0.3, -0.25) is 9.69 Å². The molecular weight excluding hydrogens is 358 g/mol. The van der Waals surface area contributed by atoms with Crippen molar-refractivity contribution in [1.82, 2.24) is 4.90 Å². The van der Waals surface area contributed by atoms with E-state index in [2.05, 4.69) is 41.1 Å². The normalized spacial score (nSPS) is 16.4. The first-order valence-corrected chi connectivity index (χ1v) is 9.98. The summed E-state index contributed by atoms with van der Waals surface area (Å²) in [5.74, 6) is 0.422. The Morgan fingerprint density at radius 1 is 0.963 bits per heavy atom. The van der Waals surface area contributed by atoms with Gasteiger partial charge >= 0.3 is 0 Å². The zero-order chi connectivity index (χ0) is 19.4. The molecule has 1 amide bonds. The summed E-state index contributed by atoms with van der Waals surface area (Å²) in [6, 6.07) is 15.8. The van der Waals surface area contributed by atoms with Crippen LogP contribution in [0.25, 0.3) is 0 Å². The number of carbonyl (C=O) groups is 1. The Morgan fingerprint density at radius 2 is 1.59 bits per heavy atom. The first kappa shape index (κ1) is 19.7. The van der Waals surface area contributed by atoms with Crippen molar-refractivity contribution < 1.29 is 4.79 Å². The zero-order valence-electron chi connectivity index (χ0n) is 16.3. The van der Waals surface area contributed by atoms with Gasteiger partial charge in [-0.2, -0.15) is 0 Å². The first-order chi connectivity index (χ1) is 13.0. The molecule has 5 heteroatoms. The molecule has 0 radical (unpaired) electrons. The van der Waals surface area contributed by atoms with E-state index in [0.29, 0.717) is 5.92 Å². The molecule has 2 aromatic rings. The van der Waals surface area contributed by atoms with Gasteiger partial charge in [-0.25, -0.2) is 0 Å². The zero-order valence-corrected chi connectivity index (χ0v) is 17.0. The smallest absolute Gasteiger partial charge is 0.241 e. The summed E-state index contributed by atoms with van der Waals surface area (Å²) < 4.78 is 0. The van der Waals surface area contributed by atoms with Gasteiger partial charge in [-0.15, -0.1) is 0 Å². The van der Waals surface area contributed by atoms with Gasteiger partial charge in [0.05, 0.1) is 16.8 Å². The minimum Gasteiger partial charge on any atom is -0.368 e. The van der Waals surface area contributed by atoms with Gasteiger partial charge in [0.15, 0.2) is 0 Å². The number of para-hydroxylation sites is 2. The van der Waals surface area contributed by atoms with Gasteiger partial charge in [0.25, 0.3) is 0 Å². The largest absolute Gasteiger partial charge is 0.368 e. The van der Waals surface area contributed by atoms with Crippen LogP contribution in [0.1, 0.15) is 32.3 Å². The highest BCUT2D eigenvalue weighted by Crippen LogP contribution is 2.27. The monoisotopic (exact) mass is 385 g/mol. The van der Waals surface area contributed by atoms with Crippen LogP contribution < -0.4 is 10.2 Å². The predicted molar refractivity (Wildman–Crippen MR) is 114 cm³/mol. The van der Waals surface area contributed by atoms with Crippen LogP contribution in [-0.4, -0.2) is 43.0 Å². The molecule has 0 bridgehead atoms. The molecule has 144 valence electrons. The van der Waals surface area contributed by atoms with Gasteiger partial charge in [-0.05, 0) is 36.6 Å². The molecular formula is C22H28ClN3O. The standard InChI is InChI=1S/C22H28ClN3O/c1-16(2)18-8-4-6-10-20(18)24-22(27)17(3)25-12-14-26(15-13-25)21-11-7-5-9-19(21)23/h4-11,16-17H,12-15H2,1-3H3,(H,24,27)/t17-/m1/s1. The Labute approximate surface area is 167 Å². The number of amides is 1. The number of benzene rings is 2. The van der Waals surface area contributed by atoms with E-state index in [1.807, 2.05) is 43.3 Å². The lowest BCUT2D eigenvalue weighted by molar-refractivity contribution is -0.120. The van der Waals surface area contributed by atoms with Crippen molar-refractivity contribution in [1.29, 1.82) is 0 Å². The fourth-order valence-electron chi connectivity index (χ4n) is 3.58. The van der Waals surface area contributed by atoms with E-state index in [1.165, 1.54) is 5.56 Å². The number of nitrogens with one attached hydrogen (secondary N) is 1. The third kappa shape index (κ3) is 4.63. The van der Waals surface area contributed by atoms with E-state index < -0.39 is 0 Å². The van der Waals surface area contributed by atoms with Gasteiger partial charge in [0, 0.05) is 31.9 Å². The number of piperazine rings is 1. The lowest BCUT2D eigenvalue weighted by atomic mass is 10.0. The molecule has 1 atom stereocenters. The Balaban J connectivity index is 1.60. The molecule has 27 heavy (non-hydrogen) atoms. The molecule has 4 nitrogen and oxygen atoms in total. The van der Waals surface area contributed by atoms with Gasteiger partial charge < -0.3 is 10.2 Å². The molecule has 1 aliphatic heterocycles. The lowest BCUT2D eigenvalue weighted by Gasteiger charge is -2.38. The molecule has 0 unspecified atom stereocenters. The van der Waals surface area contributed by atoms with Crippen LogP contribution in [0, 0.1) is 0 Å². The number of hydrogen-bond donors (Lipinski definition) is 1. The molecule has 1 heterocycles. The Kier molecular flexibility index (Phi) is 6.40. The van der Waals surface area contributed by atoms with E-state index in [9.17, 15) is 4.79 Å². The van der Waals surface area contributed by atoms with Crippen molar-refractivity contribution >= 4 is 28.9 Å². The molecule has 1 fully saturated rings. The molecule has 2 aromatic carbocycles. The molecule has 0 spiro atoms. The Morgan fingerprint density at radius 3 is 2.26 bits per heavy atom. The van der Waals surface area contributed by atoms with E-state index in [0.717, 1.165) is 42.6 Å². The second-order valence-electron chi connectivity index (χ2n) is 7.38. The second kappa shape index (κ2) is 8.77. The maximum absolute atomic E-state index is 12.8. The fourth-order valence-corrected chi connectivity index (χ4v) is 3.83. The van der Waals surface area contributed by atoms with E-state index in [-0.39, 0.29) is 11.9 Å². The Bertz CT molecular complexity index is 785. The highest BCUT2D eigenvalue weighted by molar-refractivity contribution is 6.33. The summed E-state index contributed by atoms with van der Waals surface area (Å²) >= 11 is 6.32. The molecule has 1 N–H and O–H groups in total. The maximum atomic E-state index is 12.8. The third-order valence-electron chi connectivity index (χ3n) is 5.28. The minimum absolute atomic E-state index is 0.0503. The highest BCUT2D eigenvalue weighted by Gasteiger charge is 2.26. The summed E-state index contributed by atoms with van der Waals surface area (Å²) in [4.78, 5) is 17.3. The summed E-state index contributed by atoms with van der Waals surface area (Å²) in [6.07, 6.45) is 0. The minimum atomic E-state index is -0.168. The van der Waals surface area contributed by atoms with Crippen molar-refractivity contribution in [3.05, 3.63) is 59.1 Å². The van der Waals surface area contributed by atoms with Crippen molar-refractivity contribution in [2.45, 2.75) is 32.7 Å². The van der Waals surface area contributed by atoms with Gasteiger partial charge in [0.1, 0.15) is 0 Å². The maximum Gasteiger partial charge on any atom is 0.241 e. The van der Waals surface area contributed by atoms with Crippen LogP contribution in [0.3, 0.4) is 0 Å². The number of nitrogens with zero attached hydrogens (tertiary/aromatic N) is 2. The van der Waals surface area contributed by atoms with Crippen LogP contribution in [0.15, 0.2) is 48.5 Å². The van der Waals surface area contributed by atoms with Crippen LogP contribution in [0.5, 0.6) is 0 Å². The molecule has 1 aliphatic rings. The average Bonchev–Trinajstić information content (AvgIpc) is 2.68. The van der Waals surface area contributed by atoms with Crippen LogP contribution in [-0.2, 0) is 4.79 Å². The van der Waals surface area contributed by atoms with E-state index in [4.69, 9.17) is 11.6 Å².